The van der Waals surface area contributed by atoms with E-state index in [4.69, 9.17) is 0 Å². The molecule has 20 heavy (non-hydrogen) atoms. The molecule has 4 nitrogen and oxygen atoms in total. The molecular formula is C14H19NO3S2. The molecule has 1 saturated heterocycles. The number of benzene rings is 1. The number of carbonyl (C=O) groups excluding carboxylic acids is 1. The van der Waals surface area contributed by atoms with Crippen LogP contribution in [0.2, 0.25) is 0 Å². The fraction of sp³-hybridized carbons (Fsp3) is 0.500. The van der Waals surface area contributed by atoms with Crippen molar-refractivity contribution in [2.24, 2.45) is 0 Å². The first-order valence-electron chi connectivity index (χ1n) is 6.59. The number of carbonyl (C=O) groups is 1. The first-order valence-corrected chi connectivity index (χ1v) is 9.43. The lowest BCUT2D eigenvalue weighted by atomic mass is 10.2. The Labute approximate surface area is 124 Å². The summed E-state index contributed by atoms with van der Waals surface area (Å²) in [6.07, 6.45) is 3.65. The molecule has 1 aliphatic rings. The van der Waals surface area contributed by atoms with E-state index in [9.17, 15) is 13.2 Å². The first kappa shape index (κ1) is 15.4. The maximum absolute atomic E-state index is 12.6. The minimum atomic E-state index is -3.71. The molecular weight excluding hydrogens is 294 g/mol. The largest absolute Gasteiger partial charge is 0.274 e. The van der Waals surface area contributed by atoms with Crippen molar-refractivity contribution in [1.29, 1.82) is 0 Å². The van der Waals surface area contributed by atoms with Gasteiger partial charge in [-0.05, 0) is 43.9 Å². The van der Waals surface area contributed by atoms with Crippen molar-refractivity contribution in [3.8, 4) is 0 Å². The number of amides is 1. The molecule has 1 aromatic carbocycles. The summed E-state index contributed by atoms with van der Waals surface area (Å²) in [5.74, 6) is 0.578. The molecule has 6 heteroatoms. The normalized spacial score (nSPS) is 19.6. The van der Waals surface area contributed by atoms with Crippen LogP contribution in [0.3, 0.4) is 0 Å². The second kappa shape index (κ2) is 6.18. The molecule has 1 heterocycles. The maximum Gasteiger partial charge on any atom is 0.266 e. The fourth-order valence-corrected chi connectivity index (χ4v) is 4.57. The van der Waals surface area contributed by atoms with E-state index in [2.05, 4.69) is 0 Å². The van der Waals surface area contributed by atoms with Gasteiger partial charge in [0.1, 0.15) is 0 Å². The Morgan fingerprint density at radius 1 is 1.30 bits per heavy atom. The smallest absolute Gasteiger partial charge is 0.266 e. The van der Waals surface area contributed by atoms with Gasteiger partial charge in [0.05, 0.1) is 4.90 Å². The number of hydrogen-bond donors (Lipinski definition) is 0. The predicted octanol–water partition coefficient (Wildman–Crippen LogP) is 2.43. The Bertz CT molecular complexity index is 581. The standard InChI is InChI=1S/C14H19NO3S2/c1-11-3-6-13(7-4-11)20(17,18)15-12(9-10-19-2)5-8-14(15)16/h3-4,6-7,12H,5,8-10H2,1-2H3. The highest BCUT2D eigenvalue weighted by Gasteiger charge is 2.39. The summed E-state index contributed by atoms with van der Waals surface area (Å²) in [5.41, 5.74) is 0.996. The highest BCUT2D eigenvalue weighted by atomic mass is 32.2. The number of sulfonamides is 1. The summed E-state index contributed by atoms with van der Waals surface area (Å²) in [4.78, 5) is 12.2. The highest BCUT2D eigenvalue weighted by molar-refractivity contribution is 7.98. The fourth-order valence-electron chi connectivity index (χ4n) is 2.39. The third kappa shape index (κ3) is 3.01. The van der Waals surface area contributed by atoms with E-state index in [-0.39, 0.29) is 16.8 Å². The molecule has 0 aliphatic carbocycles. The summed E-state index contributed by atoms with van der Waals surface area (Å²) in [6, 6.07) is 6.46. The van der Waals surface area contributed by atoms with E-state index >= 15 is 0 Å². The number of aryl methyl sites for hydroxylation is 1. The second-order valence-electron chi connectivity index (χ2n) is 4.98. The first-order chi connectivity index (χ1) is 9.46. The van der Waals surface area contributed by atoms with Crippen LogP contribution >= 0.6 is 11.8 Å². The lowest BCUT2D eigenvalue weighted by Gasteiger charge is -2.24. The van der Waals surface area contributed by atoms with Crippen LogP contribution in [0.1, 0.15) is 24.8 Å². The zero-order valence-corrected chi connectivity index (χ0v) is 13.3. The number of rotatable bonds is 5. The average molecular weight is 313 g/mol. The molecule has 2 rings (SSSR count). The molecule has 1 aliphatic heterocycles. The Morgan fingerprint density at radius 3 is 2.55 bits per heavy atom. The average Bonchev–Trinajstić information content (AvgIpc) is 2.78. The second-order valence-corrected chi connectivity index (χ2v) is 7.78. The van der Waals surface area contributed by atoms with E-state index in [0.29, 0.717) is 12.8 Å². The molecule has 1 atom stereocenters. The van der Waals surface area contributed by atoms with Crippen LogP contribution in [0, 0.1) is 6.92 Å². The molecule has 1 aromatic rings. The van der Waals surface area contributed by atoms with Crippen molar-refractivity contribution >= 4 is 27.7 Å². The van der Waals surface area contributed by atoms with Crippen molar-refractivity contribution in [2.45, 2.75) is 37.1 Å². The van der Waals surface area contributed by atoms with Crippen LogP contribution in [-0.2, 0) is 14.8 Å². The Balaban J connectivity index is 2.30. The third-order valence-corrected chi connectivity index (χ3v) is 6.03. The van der Waals surface area contributed by atoms with Gasteiger partial charge in [0, 0.05) is 12.5 Å². The van der Waals surface area contributed by atoms with Crippen LogP contribution in [0.25, 0.3) is 0 Å². The molecule has 0 spiro atoms. The monoisotopic (exact) mass is 313 g/mol. The lowest BCUT2D eigenvalue weighted by Crippen LogP contribution is -2.38. The van der Waals surface area contributed by atoms with Crippen LogP contribution in [0.4, 0.5) is 0 Å². The van der Waals surface area contributed by atoms with Gasteiger partial charge in [-0.3, -0.25) is 4.79 Å². The van der Waals surface area contributed by atoms with Gasteiger partial charge in [-0.2, -0.15) is 11.8 Å². The van der Waals surface area contributed by atoms with Gasteiger partial charge < -0.3 is 0 Å². The van der Waals surface area contributed by atoms with Gasteiger partial charge in [-0.1, -0.05) is 17.7 Å². The summed E-state index contributed by atoms with van der Waals surface area (Å²) >= 11 is 1.67. The van der Waals surface area contributed by atoms with Crippen molar-refractivity contribution in [2.75, 3.05) is 12.0 Å². The van der Waals surface area contributed by atoms with Crippen LogP contribution in [-0.4, -0.2) is 36.7 Å². The topological polar surface area (TPSA) is 54.5 Å². The van der Waals surface area contributed by atoms with Gasteiger partial charge >= 0.3 is 0 Å². The molecule has 0 saturated carbocycles. The van der Waals surface area contributed by atoms with Crippen LogP contribution in [0.15, 0.2) is 29.2 Å². The van der Waals surface area contributed by atoms with Gasteiger partial charge in [-0.25, -0.2) is 12.7 Å². The number of hydrogen-bond acceptors (Lipinski definition) is 4. The minimum absolute atomic E-state index is 0.193. The lowest BCUT2D eigenvalue weighted by molar-refractivity contribution is -0.124. The molecule has 1 fully saturated rings. The summed E-state index contributed by atoms with van der Waals surface area (Å²) < 4.78 is 26.4. The molecule has 0 bridgehead atoms. The molecule has 0 N–H and O–H groups in total. The van der Waals surface area contributed by atoms with E-state index in [1.807, 2.05) is 13.2 Å². The molecule has 1 amide bonds. The quantitative estimate of drug-likeness (QED) is 0.838. The van der Waals surface area contributed by atoms with Crippen molar-refractivity contribution in [3.05, 3.63) is 29.8 Å². The predicted molar refractivity (Wildman–Crippen MR) is 81.2 cm³/mol. The minimum Gasteiger partial charge on any atom is -0.274 e. The zero-order valence-electron chi connectivity index (χ0n) is 11.7. The van der Waals surface area contributed by atoms with Crippen molar-refractivity contribution in [3.63, 3.8) is 0 Å². The number of nitrogens with zero attached hydrogens (tertiary/aromatic N) is 1. The summed E-state index contributed by atoms with van der Waals surface area (Å²) in [6.45, 7) is 1.90. The number of thioether (sulfide) groups is 1. The van der Waals surface area contributed by atoms with Gasteiger partial charge in [0.15, 0.2) is 0 Å². The zero-order chi connectivity index (χ0) is 14.8. The van der Waals surface area contributed by atoms with E-state index in [1.54, 1.807) is 36.0 Å². The van der Waals surface area contributed by atoms with E-state index in [1.165, 1.54) is 0 Å². The Hall–Kier alpha value is -1.01. The van der Waals surface area contributed by atoms with Crippen molar-refractivity contribution < 1.29 is 13.2 Å². The SMILES string of the molecule is CSCCC1CCC(=O)N1S(=O)(=O)c1ccc(C)cc1. The third-order valence-electron chi connectivity index (χ3n) is 3.50. The molecule has 0 radical (unpaired) electrons. The Kier molecular flexibility index (Phi) is 4.75. The van der Waals surface area contributed by atoms with Crippen molar-refractivity contribution in [1.82, 2.24) is 4.31 Å². The van der Waals surface area contributed by atoms with Crippen LogP contribution < -0.4 is 0 Å². The van der Waals surface area contributed by atoms with E-state index < -0.39 is 10.0 Å². The Morgan fingerprint density at radius 2 is 1.95 bits per heavy atom. The van der Waals surface area contributed by atoms with Gasteiger partial charge in [0.25, 0.3) is 10.0 Å². The maximum atomic E-state index is 12.6. The molecule has 1 unspecified atom stereocenters. The summed E-state index contributed by atoms with van der Waals surface area (Å²) in [5, 5.41) is 0. The van der Waals surface area contributed by atoms with Gasteiger partial charge in [0.2, 0.25) is 5.91 Å². The van der Waals surface area contributed by atoms with Crippen LogP contribution in [0.5, 0.6) is 0 Å². The molecule has 110 valence electrons. The van der Waals surface area contributed by atoms with Gasteiger partial charge in [-0.15, -0.1) is 0 Å². The molecule has 0 aromatic heterocycles. The van der Waals surface area contributed by atoms with E-state index in [0.717, 1.165) is 22.0 Å². The summed E-state index contributed by atoms with van der Waals surface area (Å²) in [7, 11) is -3.71. The highest BCUT2D eigenvalue weighted by Crippen LogP contribution is 2.29.